The number of ketones is 1. The van der Waals surface area contributed by atoms with Crippen molar-refractivity contribution in [2.24, 2.45) is 15.9 Å². The Morgan fingerprint density at radius 2 is 1.13 bits per heavy atom. The quantitative estimate of drug-likeness (QED) is 0.0367. The van der Waals surface area contributed by atoms with Gasteiger partial charge in [0.25, 0.3) is 11.8 Å². The molecule has 23 heteroatoms. The number of hydrogen-bond donors (Lipinski definition) is 4. The van der Waals surface area contributed by atoms with E-state index in [4.69, 9.17) is 46.8 Å². The maximum atomic E-state index is 14.2. The summed E-state index contributed by atoms with van der Waals surface area (Å²) in [5, 5.41) is 41.2. The molecule has 0 bridgehead atoms. The van der Waals surface area contributed by atoms with Crippen LogP contribution in [0.4, 0.5) is 11.4 Å². The van der Waals surface area contributed by atoms with Crippen molar-refractivity contribution in [1.82, 2.24) is 9.80 Å². The molecular weight excluding hydrogens is 1230 g/mol. The van der Waals surface area contributed by atoms with Gasteiger partial charge >= 0.3 is 10.4 Å². The Morgan fingerprint density at radius 3 is 1.65 bits per heavy atom. The molecule has 0 aliphatic carbocycles. The highest BCUT2D eigenvalue weighted by Gasteiger charge is 2.45. The lowest BCUT2D eigenvalue weighted by Gasteiger charge is -2.39. The number of aliphatic hydroxyl groups excluding tert-OH is 4. The van der Waals surface area contributed by atoms with Crippen LogP contribution in [0.1, 0.15) is 95.8 Å². The molecule has 0 aromatic heterocycles. The number of hydrogen-bond acceptors (Lipinski definition) is 19. The average molecular weight is 1300 g/mol. The average Bonchev–Trinajstić information content (AvgIpc) is 1.52. The molecule has 1 saturated heterocycles. The van der Waals surface area contributed by atoms with Crippen LogP contribution in [0.3, 0.4) is 0 Å². The van der Waals surface area contributed by atoms with E-state index in [1.807, 2.05) is 105 Å². The summed E-state index contributed by atoms with van der Waals surface area (Å²) in [4.78, 5) is 55.0. The lowest BCUT2D eigenvalue weighted by molar-refractivity contribution is -0.916. The van der Waals surface area contributed by atoms with Gasteiger partial charge in [-0.15, -0.1) is 8.42 Å². The predicted octanol–water partition coefficient (Wildman–Crippen LogP) is 8.31. The van der Waals surface area contributed by atoms with Gasteiger partial charge in [-0.05, 0) is 125 Å². The number of carbonyl (C=O) groups is 3. The highest BCUT2D eigenvalue weighted by atomic mass is 32.3. The van der Waals surface area contributed by atoms with Gasteiger partial charge in [-0.1, -0.05) is 62.4 Å². The minimum atomic E-state index is -4.96. The van der Waals surface area contributed by atoms with E-state index in [0.717, 1.165) is 39.4 Å². The third-order valence-corrected chi connectivity index (χ3v) is 18.1. The number of quaternary nitrogens is 1. The first-order valence-electron chi connectivity index (χ1n) is 31.0. The predicted molar refractivity (Wildman–Crippen MR) is 346 cm³/mol. The lowest BCUT2D eigenvalue weighted by atomic mass is 9.94. The van der Waals surface area contributed by atoms with E-state index in [1.54, 1.807) is 36.4 Å². The second-order valence-electron chi connectivity index (χ2n) is 25.2. The van der Waals surface area contributed by atoms with Gasteiger partial charge in [0, 0.05) is 60.8 Å². The van der Waals surface area contributed by atoms with E-state index in [9.17, 15) is 43.2 Å². The van der Waals surface area contributed by atoms with Crippen LogP contribution in [-0.2, 0) is 67.4 Å². The van der Waals surface area contributed by atoms with Crippen LogP contribution in [0.15, 0.2) is 143 Å². The third-order valence-electron chi connectivity index (χ3n) is 17.3. The zero-order valence-corrected chi connectivity index (χ0v) is 53.6. The Balaban J connectivity index is 0.779. The fourth-order valence-electron chi connectivity index (χ4n) is 12.6. The first kappa shape index (κ1) is 64.9. The topological polar surface area (TPSA) is 271 Å². The maximum absolute atomic E-state index is 14.2. The molecule has 5 heterocycles. The van der Waals surface area contributed by atoms with Gasteiger partial charge in [-0.3, -0.25) is 24.4 Å². The van der Waals surface area contributed by atoms with Crippen LogP contribution in [0.25, 0.3) is 0 Å². The van der Waals surface area contributed by atoms with Crippen molar-refractivity contribution >= 4 is 51.8 Å². The van der Waals surface area contributed by atoms with Gasteiger partial charge in [0.15, 0.2) is 40.3 Å². The Bertz CT molecular complexity index is 4050. The molecule has 0 radical (unpaired) electrons. The fraction of sp³-hybridized carbons (Fsp3) is 0.338. The minimum absolute atomic E-state index is 0.0345. The summed E-state index contributed by atoms with van der Waals surface area (Å²) in [5.41, 5.74) is 9.70. The molecule has 0 spiro atoms. The summed E-state index contributed by atoms with van der Waals surface area (Å²) in [6.07, 6.45) is -3.26. The van der Waals surface area contributed by atoms with E-state index < -0.39 is 53.5 Å². The smallest absolute Gasteiger partial charge is 0.493 e. The van der Waals surface area contributed by atoms with Crippen molar-refractivity contribution in [3.63, 3.8) is 0 Å². The van der Waals surface area contributed by atoms with Gasteiger partial charge < -0.3 is 71.5 Å². The Morgan fingerprint density at radius 1 is 0.606 bits per heavy atom. The number of nitrogens with zero attached hydrogens (tertiary/aromatic N) is 5. The highest BCUT2D eigenvalue weighted by molar-refractivity contribution is 7.82. The molecule has 3 unspecified atom stereocenters. The molecule has 22 nitrogen and oxygen atoms in total. The molecule has 94 heavy (non-hydrogen) atoms. The molecular formula is C71H74N5O17S+. The summed E-state index contributed by atoms with van der Waals surface area (Å²) in [6.45, 7) is 4.96. The number of amides is 2. The number of methoxy groups -OCH3 is 2. The second-order valence-corrected chi connectivity index (χ2v) is 26.4. The standard InChI is InChI=1S/C71H74N5O17S/c1-41(2)21-58(78)48-17-20-59(90-71-68(81)67(80)66(79)65(38-77)91-71)64(27-48)93-94(84,85)92-53-18-15-42(16-19-53)36-76(3,4)37-43-22-44(39-88-62-30-56-54(28-60(62)86-5)69(82)74-34-49-13-9-7-11-46(49)25-51(74)32-72-56)24-45(23-43)40-89-63-31-57-55(29-61(63)87-6)70(83)75-35-50-14-10-8-12-47(50)26-52(75)33-73-57/h7-20,22-24,27-33,41,51-52,65-68,71,77,79-81H,21,25-26,34-40H2,1-6H3/q+1/t51?,52?,65-,66+,67+,68-,71?/m1/s1. The number of ether oxygens (including phenoxy) is 6. The summed E-state index contributed by atoms with van der Waals surface area (Å²) in [7, 11) is 2.19. The molecule has 2 amide bonds. The van der Waals surface area contributed by atoms with Crippen LogP contribution in [-0.4, -0.2) is 151 Å². The molecule has 0 saturated carbocycles. The van der Waals surface area contributed by atoms with Crippen molar-refractivity contribution in [3.05, 3.63) is 195 Å². The Kier molecular flexibility index (Phi) is 18.7. The molecule has 7 aromatic carbocycles. The van der Waals surface area contributed by atoms with Gasteiger partial charge in [0.2, 0.25) is 6.29 Å². The molecule has 7 aromatic rings. The monoisotopic (exact) mass is 1300 g/mol. The number of aliphatic hydroxyl groups is 4. The summed E-state index contributed by atoms with van der Waals surface area (Å²) in [5.74, 6) is -0.0862. The fourth-order valence-corrected chi connectivity index (χ4v) is 13.4. The normalized spacial score (nSPS) is 20.5. The number of carbonyl (C=O) groups excluding carboxylic acids is 3. The summed E-state index contributed by atoms with van der Waals surface area (Å²) >= 11 is 0. The molecule has 12 rings (SSSR count). The number of rotatable bonds is 22. The van der Waals surface area contributed by atoms with Crippen molar-refractivity contribution in [2.45, 2.75) is 115 Å². The van der Waals surface area contributed by atoms with Crippen LogP contribution >= 0.6 is 0 Å². The first-order valence-corrected chi connectivity index (χ1v) is 32.3. The van der Waals surface area contributed by atoms with E-state index >= 15 is 0 Å². The van der Waals surface area contributed by atoms with Gasteiger partial charge in [0.05, 0.1) is 69.5 Å². The number of benzene rings is 7. The zero-order valence-electron chi connectivity index (χ0n) is 52.8. The number of aliphatic imine (C=N–C) groups is 2. The molecule has 5 aliphatic rings. The van der Waals surface area contributed by atoms with E-state index in [-0.39, 0.29) is 72.3 Å². The van der Waals surface area contributed by atoms with Gasteiger partial charge in [0.1, 0.15) is 56.5 Å². The summed E-state index contributed by atoms with van der Waals surface area (Å²) < 4.78 is 74.9. The Labute approximate surface area is 544 Å². The molecule has 5 aliphatic heterocycles. The second kappa shape index (κ2) is 27.0. The van der Waals surface area contributed by atoms with Gasteiger partial charge in [-0.2, -0.15) is 0 Å². The first-order chi connectivity index (χ1) is 45.1. The molecule has 1 fully saturated rings. The third kappa shape index (κ3) is 14.2. The minimum Gasteiger partial charge on any atom is -0.493 e. The maximum Gasteiger partial charge on any atom is 0.501 e. The van der Waals surface area contributed by atoms with Crippen molar-refractivity contribution in [1.29, 1.82) is 0 Å². The molecule has 7 atom stereocenters. The van der Waals surface area contributed by atoms with Crippen LogP contribution in [0.5, 0.6) is 40.2 Å². The molecule has 4 N–H and O–H groups in total. The summed E-state index contributed by atoms with van der Waals surface area (Å²) in [6, 6.07) is 38.9. The lowest BCUT2D eigenvalue weighted by Crippen LogP contribution is -2.60. The van der Waals surface area contributed by atoms with Gasteiger partial charge in [-0.25, -0.2) is 0 Å². The van der Waals surface area contributed by atoms with E-state index in [2.05, 4.69) is 12.1 Å². The largest absolute Gasteiger partial charge is 0.501 e. The van der Waals surface area contributed by atoms with Crippen LogP contribution < -0.4 is 32.1 Å². The van der Waals surface area contributed by atoms with Crippen LogP contribution in [0.2, 0.25) is 0 Å². The SMILES string of the molecule is COc1cc2c(cc1OCc1cc(COc3cc4c(cc3OC)C(=O)N3Cc5ccccc5CC3C=N4)cc(C[N+](C)(C)Cc3ccc(OS(=O)(=O)Oc4cc(C(=O)CC(C)C)ccc4OC4O[C@H](CO)[C@H](O)[C@H](O)[C@H]4O)cc3)c1)N=CC1Cc3ccccc3CN1C2=O. The number of Topliss-reactive ketones (excluding diaryl/α,β-unsaturated/α-hetero) is 1. The highest BCUT2D eigenvalue weighted by Crippen LogP contribution is 2.42. The Hall–Kier alpha value is -9.20. The molecule has 490 valence electrons. The van der Waals surface area contributed by atoms with E-state index in [0.29, 0.717) is 89.0 Å². The number of fused-ring (bicyclic) bond motifs is 6. The zero-order chi connectivity index (χ0) is 66.2. The van der Waals surface area contributed by atoms with E-state index in [1.165, 1.54) is 49.6 Å². The van der Waals surface area contributed by atoms with Crippen molar-refractivity contribution in [3.8, 4) is 40.2 Å². The van der Waals surface area contributed by atoms with Crippen molar-refractivity contribution < 1.29 is 84.5 Å². The van der Waals surface area contributed by atoms with Crippen LogP contribution in [0, 0.1) is 5.92 Å². The van der Waals surface area contributed by atoms with Crippen molar-refractivity contribution in [2.75, 3.05) is 34.9 Å².